The van der Waals surface area contributed by atoms with Gasteiger partial charge in [-0.1, -0.05) is 344 Å². The van der Waals surface area contributed by atoms with E-state index in [0.717, 1.165) is 120 Å². The molecule has 0 rings (SSSR count). The van der Waals surface area contributed by atoms with Crippen LogP contribution in [-0.4, -0.2) is 96.7 Å². The Morgan fingerprint density at radius 2 is 0.495 bits per heavy atom. The summed E-state index contributed by atoms with van der Waals surface area (Å²) in [5.74, 6) is 0.996. The number of rotatable bonds is 75. The van der Waals surface area contributed by atoms with Crippen molar-refractivity contribution in [1.82, 2.24) is 0 Å². The number of ether oxygens (including phenoxy) is 4. The lowest BCUT2D eigenvalue weighted by Gasteiger charge is -2.21. The highest BCUT2D eigenvalue weighted by Crippen LogP contribution is 2.45. The molecule has 7 atom stereocenters. The van der Waals surface area contributed by atoms with Crippen LogP contribution < -0.4 is 0 Å². The van der Waals surface area contributed by atoms with Crippen molar-refractivity contribution < 1.29 is 80.2 Å². The van der Waals surface area contributed by atoms with Gasteiger partial charge < -0.3 is 33.8 Å². The molecule has 0 saturated heterocycles. The minimum atomic E-state index is -4.96. The van der Waals surface area contributed by atoms with Crippen molar-refractivity contribution in [3.8, 4) is 0 Å². The molecule has 19 heteroatoms. The Hall–Kier alpha value is -1.94. The monoisotopic (exact) mass is 1420 g/mol. The highest BCUT2D eigenvalue weighted by atomic mass is 31.2. The first kappa shape index (κ1) is 95.1. The summed E-state index contributed by atoms with van der Waals surface area (Å²) >= 11 is 0. The number of hydrogen-bond donors (Lipinski definition) is 3. The summed E-state index contributed by atoms with van der Waals surface area (Å²) in [6.45, 7) is 14.2. The number of carbonyl (C=O) groups excluding carboxylic acids is 4. The van der Waals surface area contributed by atoms with Crippen molar-refractivity contribution in [2.45, 2.75) is 414 Å². The number of aliphatic hydroxyl groups is 1. The second-order valence-electron chi connectivity index (χ2n) is 29.5. The van der Waals surface area contributed by atoms with Crippen LogP contribution in [0, 0.1) is 23.7 Å². The third kappa shape index (κ3) is 69.5. The van der Waals surface area contributed by atoms with Gasteiger partial charge in [0.1, 0.15) is 19.3 Å². The van der Waals surface area contributed by atoms with Crippen molar-refractivity contribution in [2.24, 2.45) is 23.7 Å². The standard InChI is InChI=1S/C78H152O17P2/c1-9-70(7)56-48-40-32-26-22-23-27-33-42-50-58-75(80)88-64-73(94-78(83)61-53-45-35-29-21-17-19-25-31-39-47-55-69(5)6)66-92-96(84,85)90-62-72(79)63-91-97(86,87)93-67-74(65-89-76(81)59-51-43-37-36-41-49-57-71(8)10-2)95-77(82)60-52-44-34-28-20-16-14-12-11-13-15-18-24-30-38-46-54-68(3)4/h68-74,79H,9-67H2,1-8H3,(H,84,85)(H,86,87)/t70?,71?,72-,73-,74-/m1/s1. The summed E-state index contributed by atoms with van der Waals surface area (Å²) in [5.41, 5.74) is 0. The molecule has 4 unspecified atom stereocenters. The van der Waals surface area contributed by atoms with Crippen LogP contribution in [0.15, 0.2) is 0 Å². The molecule has 0 aromatic carbocycles. The van der Waals surface area contributed by atoms with Crippen LogP contribution in [0.1, 0.15) is 396 Å². The maximum Gasteiger partial charge on any atom is 0.472 e. The highest BCUT2D eigenvalue weighted by molar-refractivity contribution is 7.47. The minimum absolute atomic E-state index is 0.106. The Morgan fingerprint density at radius 3 is 0.732 bits per heavy atom. The van der Waals surface area contributed by atoms with E-state index >= 15 is 0 Å². The number of phosphoric acid groups is 2. The van der Waals surface area contributed by atoms with Gasteiger partial charge in [-0.3, -0.25) is 37.3 Å². The first-order valence-electron chi connectivity index (χ1n) is 40.3. The van der Waals surface area contributed by atoms with Crippen LogP contribution in [0.2, 0.25) is 0 Å². The molecular formula is C78H152O17P2. The molecule has 0 aliphatic heterocycles. The summed E-state index contributed by atoms with van der Waals surface area (Å²) in [4.78, 5) is 72.9. The molecule has 0 amide bonds. The third-order valence-corrected chi connectivity index (χ3v) is 20.7. The van der Waals surface area contributed by atoms with Crippen LogP contribution in [0.3, 0.4) is 0 Å². The quantitative estimate of drug-likeness (QED) is 0.0222. The second-order valence-corrected chi connectivity index (χ2v) is 32.4. The van der Waals surface area contributed by atoms with E-state index < -0.39 is 97.5 Å². The number of carbonyl (C=O) groups is 4. The maximum atomic E-state index is 13.1. The van der Waals surface area contributed by atoms with Crippen LogP contribution in [0.5, 0.6) is 0 Å². The molecule has 0 aliphatic carbocycles. The van der Waals surface area contributed by atoms with E-state index in [9.17, 15) is 43.2 Å². The molecule has 576 valence electrons. The van der Waals surface area contributed by atoms with Gasteiger partial charge in [-0.25, -0.2) is 9.13 Å². The molecule has 0 fully saturated rings. The van der Waals surface area contributed by atoms with Gasteiger partial charge in [0.2, 0.25) is 0 Å². The normalized spacial score (nSPS) is 14.6. The van der Waals surface area contributed by atoms with E-state index in [2.05, 4.69) is 55.4 Å². The summed E-state index contributed by atoms with van der Waals surface area (Å²) < 4.78 is 68.6. The molecule has 0 aliphatic rings. The van der Waals surface area contributed by atoms with E-state index in [0.29, 0.717) is 25.7 Å². The van der Waals surface area contributed by atoms with Gasteiger partial charge in [0.15, 0.2) is 12.2 Å². The average Bonchev–Trinajstić information content (AvgIpc) is 1.24. The lowest BCUT2D eigenvalue weighted by molar-refractivity contribution is -0.161. The summed E-state index contributed by atoms with van der Waals surface area (Å²) in [7, 11) is -9.92. The van der Waals surface area contributed by atoms with Crippen LogP contribution in [0.25, 0.3) is 0 Å². The number of unbranched alkanes of at least 4 members (excludes halogenated alkanes) is 39. The zero-order valence-corrected chi connectivity index (χ0v) is 65.5. The summed E-state index contributed by atoms with van der Waals surface area (Å²) in [6.07, 6.45) is 52.7. The van der Waals surface area contributed by atoms with Crippen LogP contribution >= 0.6 is 15.6 Å². The fourth-order valence-corrected chi connectivity index (χ4v) is 13.4. The first-order chi connectivity index (χ1) is 46.7. The van der Waals surface area contributed by atoms with Gasteiger partial charge in [0.25, 0.3) is 0 Å². The van der Waals surface area contributed by atoms with Crippen molar-refractivity contribution in [1.29, 1.82) is 0 Å². The average molecular weight is 1420 g/mol. The number of esters is 4. The van der Waals surface area contributed by atoms with E-state index in [4.69, 9.17) is 37.0 Å². The van der Waals surface area contributed by atoms with Gasteiger partial charge in [-0.2, -0.15) is 0 Å². The molecule has 3 N–H and O–H groups in total. The first-order valence-corrected chi connectivity index (χ1v) is 43.3. The molecule has 0 aromatic heterocycles. The van der Waals surface area contributed by atoms with E-state index in [1.54, 1.807) is 0 Å². The van der Waals surface area contributed by atoms with E-state index in [1.165, 1.54) is 193 Å². The SMILES string of the molecule is CCC(C)CCCCCCCCCCCCC(=O)OC[C@H](COP(=O)(O)OC[C@@H](O)COP(=O)(O)OC[C@@H](COC(=O)CCCCCCCCC(C)CC)OC(=O)CCCCCCCCCCCCCCCCCCC(C)C)OC(=O)CCCCCCCCCCCCCC(C)C. The van der Waals surface area contributed by atoms with Crippen molar-refractivity contribution in [2.75, 3.05) is 39.6 Å². The predicted molar refractivity (Wildman–Crippen MR) is 395 cm³/mol. The Kier molecular flexibility index (Phi) is 65.9. The molecule has 17 nitrogen and oxygen atoms in total. The molecule has 0 bridgehead atoms. The number of hydrogen-bond acceptors (Lipinski definition) is 15. The summed E-state index contributed by atoms with van der Waals surface area (Å²) in [5, 5.41) is 10.6. The van der Waals surface area contributed by atoms with Crippen molar-refractivity contribution >= 4 is 39.5 Å². The molecule has 0 spiro atoms. The zero-order valence-electron chi connectivity index (χ0n) is 63.7. The zero-order chi connectivity index (χ0) is 71.7. The summed E-state index contributed by atoms with van der Waals surface area (Å²) in [6, 6.07) is 0. The smallest absolute Gasteiger partial charge is 0.462 e. The van der Waals surface area contributed by atoms with Gasteiger partial charge in [0.05, 0.1) is 26.4 Å². The Bertz CT molecular complexity index is 1910. The number of phosphoric ester groups is 2. The van der Waals surface area contributed by atoms with Gasteiger partial charge >= 0.3 is 39.5 Å². The number of aliphatic hydroxyl groups excluding tert-OH is 1. The van der Waals surface area contributed by atoms with Crippen molar-refractivity contribution in [3.63, 3.8) is 0 Å². The topological polar surface area (TPSA) is 237 Å². The van der Waals surface area contributed by atoms with E-state index in [-0.39, 0.29) is 25.7 Å². The molecule has 0 aromatic rings. The van der Waals surface area contributed by atoms with Crippen LogP contribution in [-0.2, 0) is 65.4 Å². The highest BCUT2D eigenvalue weighted by Gasteiger charge is 2.30. The molecular weight excluding hydrogens is 1270 g/mol. The maximum absolute atomic E-state index is 13.1. The molecule has 0 heterocycles. The van der Waals surface area contributed by atoms with Gasteiger partial charge in [-0.05, 0) is 49.4 Å². The Morgan fingerprint density at radius 1 is 0.289 bits per heavy atom. The van der Waals surface area contributed by atoms with Gasteiger partial charge in [0, 0.05) is 25.7 Å². The Balaban J connectivity index is 5.24. The fourth-order valence-electron chi connectivity index (χ4n) is 11.8. The predicted octanol–water partition coefficient (Wildman–Crippen LogP) is 22.8. The minimum Gasteiger partial charge on any atom is -0.462 e. The Labute approximate surface area is 594 Å². The fraction of sp³-hybridized carbons (Fsp3) is 0.949. The van der Waals surface area contributed by atoms with E-state index in [1.807, 2.05) is 0 Å². The van der Waals surface area contributed by atoms with Crippen LogP contribution in [0.4, 0.5) is 0 Å². The van der Waals surface area contributed by atoms with Gasteiger partial charge in [-0.15, -0.1) is 0 Å². The lowest BCUT2D eigenvalue weighted by Crippen LogP contribution is -2.30. The molecule has 97 heavy (non-hydrogen) atoms. The second kappa shape index (κ2) is 67.2. The lowest BCUT2D eigenvalue weighted by atomic mass is 9.99. The molecule has 0 radical (unpaired) electrons. The largest absolute Gasteiger partial charge is 0.472 e. The third-order valence-electron chi connectivity index (χ3n) is 18.8. The van der Waals surface area contributed by atoms with Crippen molar-refractivity contribution in [3.05, 3.63) is 0 Å². The molecule has 0 saturated carbocycles.